The Labute approximate surface area is 117 Å². The maximum atomic E-state index is 13.7. The molecule has 20 heavy (non-hydrogen) atoms. The number of hydrogen-bond donors (Lipinski definition) is 1. The number of nitrogens with zero attached hydrogens (tertiary/aromatic N) is 1. The Morgan fingerprint density at radius 3 is 2.80 bits per heavy atom. The highest BCUT2D eigenvalue weighted by molar-refractivity contribution is 6.01. The summed E-state index contributed by atoms with van der Waals surface area (Å²) in [7, 11) is 0. The number of amides is 1. The van der Waals surface area contributed by atoms with Gasteiger partial charge in [-0.3, -0.25) is 9.78 Å². The third kappa shape index (κ3) is 2.50. The van der Waals surface area contributed by atoms with E-state index in [1.54, 1.807) is 24.4 Å². The molecule has 0 unspecified atom stereocenters. The molecule has 1 aromatic carbocycles. The van der Waals surface area contributed by atoms with Crippen LogP contribution in [-0.2, 0) is 4.79 Å². The van der Waals surface area contributed by atoms with Crippen molar-refractivity contribution in [2.45, 2.75) is 32.1 Å². The zero-order chi connectivity index (χ0) is 13.9. The molecule has 104 valence electrons. The van der Waals surface area contributed by atoms with Crippen molar-refractivity contribution in [3.63, 3.8) is 0 Å². The van der Waals surface area contributed by atoms with Crippen molar-refractivity contribution in [3.05, 3.63) is 36.3 Å². The van der Waals surface area contributed by atoms with Crippen LogP contribution in [0.1, 0.15) is 32.1 Å². The van der Waals surface area contributed by atoms with Crippen LogP contribution in [0.15, 0.2) is 30.5 Å². The molecule has 1 fully saturated rings. The van der Waals surface area contributed by atoms with Gasteiger partial charge < -0.3 is 5.32 Å². The van der Waals surface area contributed by atoms with Crippen LogP contribution in [-0.4, -0.2) is 10.9 Å². The molecule has 1 aliphatic carbocycles. The van der Waals surface area contributed by atoms with Crippen molar-refractivity contribution in [2.24, 2.45) is 5.92 Å². The number of aromatic nitrogens is 1. The molecule has 1 N–H and O–H groups in total. The van der Waals surface area contributed by atoms with Crippen molar-refractivity contribution >= 4 is 22.5 Å². The van der Waals surface area contributed by atoms with Crippen LogP contribution in [0.3, 0.4) is 0 Å². The van der Waals surface area contributed by atoms with Crippen LogP contribution in [0.4, 0.5) is 10.1 Å². The van der Waals surface area contributed by atoms with Crippen LogP contribution in [0, 0.1) is 11.7 Å². The smallest absolute Gasteiger partial charge is 0.227 e. The molecule has 2 aromatic rings. The number of halogens is 1. The summed E-state index contributed by atoms with van der Waals surface area (Å²) in [6, 6.07) is 6.33. The second-order valence-corrected chi connectivity index (χ2v) is 5.32. The van der Waals surface area contributed by atoms with Crippen molar-refractivity contribution in [2.75, 3.05) is 5.32 Å². The van der Waals surface area contributed by atoms with Crippen molar-refractivity contribution in [1.82, 2.24) is 4.98 Å². The maximum Gasteiger partial charge on any atom is 0.227 e. The van der Waals surface area contributed by atoms with Crippen LogP contribution in [0.2, 0.25) is 0 Å². The highest BCUT2D eigenvalue weighted by Crippen LogP contribution is 2.27. The SMILES string of the molecule is O=C(Nc1ccc(F)c2cccnc12)C1CCCCC1. The number of rotatable bonds is 2. The molecular weight excluding hydrogens is 255 g/mol. The third-order valence-electron chi connectivity index (χ3n) is 3.95. The Kier molecular flexibility index (Phi) is 3.63. The van der Waals surface area contributed by atoms with Gasteiger partial charge in [-0.1, -0.05) is 19.3 Å². The normalized spacial score (nSPS) is 16.2. The number of hydrogen-bond acceptors (Lipinski definition) is 2. The summed E-state index contributed by atoms with van der Waals surface area (Å²) < 4.78 is 13.7. The first kappa shape index (κ1) is 13.0. The Hall–Kier alpha value is -1.97. The summed E-state index contributed by atoms with van der Waals surface area (Å²) in [5, 5.41) is 3.35. The average Bonchev–Trinajstić information content (AvgIpc) is 2.51. The zero-order valence-electron chi connectivity index (χ0n) is 11.2. The minimum absolute atomic E-state index is 0.0308. The standard InChI is InChI=1S/C16H17FN2O/c17-13-8-9-14(15-12(13)7-4-10-18-15)19-16(20)11-5-2-1-3-6-11/h4,7-11H,1-3,5-6H2,(H,19,20). The lowest BCUT2D eigenvalue weighted by atomic mass is 9.88. The predicted octanol–water partition coefficient (Wildman–Crippen LogP) is 3.89. The fourth-order valence-corrected chi connectivity index (χ4v) is 2.84. The highest BCUT2D eigenvalue weighted by Gasteiger charge is 2.21. The summed E-state index contributed by atoms with van der Waals surface area (Å²) in [4.78, 5) is 16.4. The molecule has 3 rings (SSSR count). The van der Waals surface area contributed by atoms with Crippen LogP contribution in [0.5, 0.6) is 0 Å². The van der Waals surface area contributed by atoms with Gasteiger partial charge in [0.05, 0.1) is 11.2 Å². The molecule has 0 atom stereocenters. The van der Waals surface area contributed by atoms with E-state index in [9.17, 15) is 9.18 Å². The first-order valence-corrected chi connectivity index (χ1v) is 7.10. The molecule has 1 saturated carbocycles. The first-order chi connectivity index (χ1) is 9.75. The first-order valence-electron chi connectivity index (χ1n) is 7.10. The van der Waals surface area contributed by atoms with E-state index < -0.39 is 0 Å². The van der Waals surface area contributed by atoms with E-state index in [0.29, 0.717) is 16.6 Å². The van der Waals surface area contributed by atoms with Gasteiger partial charge in [0, 0.05) is 17.5 Å². The van der Waals surface area contributed by atoms with Crippen LogP contribution < -0.4 is 5.32 Å². The van der Waals surface area contributed by atoms with Crippen molar-refractivity contribution in [3.8, 4) is 0 Å². The number of benzene rings is 1. The van der Waals surface area contributed by atoms with Gasteiger partial charge in [-0.25, -0.2) is 4.39 Å². The number of anilines is 1. The van der Waals surface area contributed by atoms with E-state index in [-0.39, 0.29) is 17.6 Å². The Balaban J connectivity index is 1.87. The zero-order valence-corrected chi connectivity index (χ0v) is 11.2. The van der Waals surface area contributed by atoms with Crippen molar-refractivity contribution < 1.29 is 9.18 Å². The van der Waals surface area contributed by atoms with E-state index in [2.05, 4.69) is 10.3 Å². The fraction of sp³-hybridized carbons (Fsp3) is 0.375. The Morgan fingerprint density at radius 1 is 1.20 bits per heavy atom. The van der Waals surface area contributed by atoms with Crippen molar-refractivity contribution in [1.29, 1.82) is 0 Å². The van der Waals surface area contributed by atoms with Gasteiger partial charge in [-0.05, 0) is 37.1 Å². The number of fused-ring (bicyclic) bond motifs is 1. The molecule has 1 aromatic heterocycles. The second-order valence-electron chi connectivity index (χ2n) is 5.32. The molecule has 0 spiro atoms. The molecular formula is C16H17FN2O. The predicted molar refractivity (Wildman–Crippen MR) is 76.9 cm³/mol. The molecule has 0 bridgehead atoms. The molecule has 1 amide bonds. The second kappa shape index (κ2) is 5.57. The summed E-state index contributed by atoms with van der Waals surface area (Å²) in [5.41, 5.74) is 1.11. The van der Waals surface area contributed by atoms with E-state index >= 15 is 0 Å². The topological polar surface area (TPSA) is 42.0 Å². The van der Waals surface area contributed by atoms with Crippen LogP contribution >= 0.6 is 0 Å². The quantitative estimate of drug-likeness (QED) is 0.901. The van der Waals surface area contributed by atoms with E-state index in [1.165, 1.54) is 12.5 Å². The number of pyridine rings is 1. The molecule has 1 aliphatic rings. The van der Waals surface area contributed by atoms with Gasteiger partial charge >= 0.3 is 0 Å². The Bertz CT molecular complexity index is 635. The largest absolute Gasteiger partial charge is 0.324 e. The minimum Gasteiger partial charge on any atom is -0.324 e. The third-order valence-corrected chi connectivity index (χ3v) is 3.95. The molecule has 4 heteroatoms. The van der Waals surface area contributed by atoms with Gasteiger partial charge in [0.1, 0.15) is 5.82 Å². The van der Waals surface area contributed by atoms with Gasteiger partial charge in [0.25, 0.3) is 0 Å². The molecule has 1 heterocycles. The van der Waals surface area contributed by atoms with E-state index in [4.69, 9.17) is 0 Å². The summed E-state index contributed by atoms with van der Waals surface area (Å²) >= 11 is 0. The molecule has 0 radical (unpaired) electrons. The summed E-state index contributed by atoms with van der Waals surface area (Å²) in [6.07, 6.45) is 6.93. The maximum absolute atomic E-state index is 13.7. The van der Waals surface area contributed by atoms with E-state index in [1.807, 2.05) is 0 Å². The summed E-state index contributed by atoms with van der Waals surface area (Å²) in [6.45, 7) is 0. The molecule has 0 aliphatic heterocycles. The van der Waals surface area contributed by atoms with E-state index in [0.717, 1.165) is 25.7 Å². The number of nitrogens with one attached hydrogen (secondary N) is 1. The van der Waals surface area contributed by atoms with Gasteiger partial charge in [-0.2, -0.15) is 0 Å². The van der Waals surface area contributed by atoms with Gasteiger partial charge in [-0.15, -0.1) is 0 Å². The van der Waals surface area contributed by atoms with Gasteiger partial charge in [0.2, 0.25) is 5.91 Å². The Morgan fingerprint density at radius 2 is 2.00 bits per heavy atom. The monoisotopic (exact) mass is 272 g/mol. The number of carbonyl (C=O) groups excluding carboxylic acids is 1. The minimum atomic E-state index is -0.316. The average molecular weight is 272 g/mol. The summed E-state index contributed by atoms with van der Waals surface area (Å²) in [5.74, 6) is -0.209. The lowest BCUT2D eigenvalue weighted by Crippen LogP contribution is -2.24. The molecule has 3 nitrogen and oxygen atoms in total. The highest BCUT2D eigenvalue weighted by atomic mass is 19.1. The molecule has 0 saturated heterocycles. The number of carbonyl (C=O) groups is 1. The van der Waals surface area contributed by atoms with Gasteiger partial charge in [0.15, 0.2) is 0 Å². The lowest BCUT2D eigenvalue weighted by Gasteiger charge is -2.21. The lowest BCUT2D eigenvalue weighted by molar-refractivity contribution is -0.120. The van der Waals surface area contributed by atoms with Crippen LogP contribution in [0.25, 0.3) is 10.9 Å². The fourth-order valence-electron chi connectivity index (χ4n) is 2.84.